The molecule has 0 spiro atoms. The van der Waals surface area contributed by atoms with E-state index in [-0.39, 0.29) is 0 Å². The zero-order valence-electron chi connectivity index (χ0n) is 29.3. The molecule has 8 aromatic carbocycles. The molecule has 12 rings (SSSR count). The van der Waals surface area contributed by atoms with Crippen LogP contribution in [0.2, 0.25) is 0 Å². The Morgan fingerprint density at radius 2 is 1.13 bits per heavy atom. The van der Waals surface area contributed by atoms with E-state index >= 15 is 0 Å². The van der Waals surface area contributed by atoms with Gasteiger partial charge in [0.05, 0.1) is 33.5 Å². The van der Waals surface area contributed by atoms with Crippen LogP contribution in [-0.4, -0.2) is 9.55 Å². The summed E-state index contributed by atoms with van der Waals surface area (Å²) in [6.45, 7) is 0. The lowest BCUT2D eigenvalue weighted by Gasteiger charge is -2.28. The summed E-state index contributed by atoms with van der Waals surface area (Å²) in [5, 5.41) is 6.74. The van der Waals surface area contributed by atoms with E-state index in [0.29, 0.717) is 5.89 Å². The first kappa shape index (κ1) is 30.3. The number of anilines is 3. The fraction of sp³-hybridized carbons (Fsp3) is 0. The van der Waals surface area contributed by atoms with Crippen molar-refractivity contribution in [1.29, 1.82) is 0 Å². The Balaban J connectivity index is 1.21. The van der Waals surface area contributed by atoms with Crippen LogP contribution in [0.1, 0.15) is 0 Å². The summed E-state index contributed by atoms with van der Waals surface area (Å²) in [5.74, 6) is 0.590. The average molecular weight is 724 g/mol. The second-order valence-electron chi connectivity index (χ2n) is 13.9. The van der Waals surface area contributed by atoms with Gasteiger partial charge in [-0.05, 0) is 72.8 Å². The maximum Gasteiger partial charge on any atom is 0.227 e. The number of hydrogen-bond acceptors (Lipinski definition) is 5. The number of para-hydroxylation sites is 4. The lowest BCUT2D eigenvalue weighted by Crippen LogP contribution is -2.12. The van der Waals surface area contributed by atoms with Crippen LogP contribution in [0.5, 0.6) is 0 Å². The molecule has 0 aliphatic carbocycles. The van der Waals surface area contributed by atoms with Crippen molar-refractivity contribution in [3.8, 4) is 17.1 Å². The highest BCUT2D eigenvalue weighted by Crippen LogP contribution is 2.50. The fourth-order valence-electron chi connectivity index (χ4n) is 8.50. The standard InChI is InChI=1S/C49H29N3O2S/c1-3-14-30(15-4-1)49-50-46-41(54-49)29-28-40-45(46)35-21-12-25-39(48(35)53-40)52(37-23-13-27-43-44(37)34-19-8-10-26-42(34)55-43)38-24-11-20-33-32-18-7-9-22-36(32)51(47(33)38)31-16-5-2-6-17-31/h1-29H. The summed E-state index contributed by atoms with van der Waals surface area (Å²) in [5.41, 5.74) is 10.4. The molecule has 0 aliphatic heterocycles. The molecule has 0 saturated carbocycles. The maximum atomic E-state index is 6.97. The largest absolute Gasteiger partial charge is 0.454 e. The molecule has 0 amide bonds. The van der Waals surface area contributed by atoms with E-state index in [1.54, 1.807) is 0 Å². The number of benzene rings is 8. The predicted octanol–water partition coefficient (Wildman–Crippen LogP) is 14.3. The topological polar surface area (TPSA) is 47.3 Å². The SMILES string of the molecule is c1ccc(-c2nc3c(ccc4oc5c(N(c6cccc7sc8ccccc8c67)c6cccc7c8ccccc8n(-c8ccccc8)c67)cccc5c43)o2)cc1. The maximum absolute atomic E-state index is 6.97. The van der Waals surface area contributed by atoms with E-state index < -0.39 is 0 Å². The van der Waals surface area contributed by atoms with Crippen LogP contribution in [0.15, 0.2) is 185 Å². The quantitative estimate of drug-likeness (QED) is 0.177. The molecular formula is C49H29N3O2S. The molecule has 0 saturated heterocycles. The van der Waals surface area contributed by atoms with Crippen molar-refractivity contribution in [2.45, 2.75) is 0 Å². The van der Waals surface area contributed by atoms with Gasteiger partial charge in [-0.2, -0.15) is 0 Å². The Kier molecular flexibility index (Phi) is 6.44. The lowest BCUT2D eigenvalue weighted by atomic mass is 10.1. The summed E-state index contributed by atoms with van der Waals surface area (Å²) in [7, 11) is 0. The summed E-state index contributed by atoms with van der Waals surface area (Å²) < 4.78 is 18.2. The molecule has 0 unspecified atom stereocenters. The minimum absolute atomic E-state index is 0.590. The minimum Gasteiger partial charge on any atom is -0.454 e. The van der Waals surface area contributed by atoms with Gasteiger partial charge in [-0.1, -0.05) is 103 Å². The molecule has 0 N–H and O–H groups in total. The highest BCUT2D eigenvalue weighted by molar-refractivity contribution is 7.26. The first-order chi connectivity index (χ1) is 27.3. The van der Waals surface area contributed by atoms with Gasteiger partial charge < -0.3 is 18.3 Å². The number of thiophene rings is 1. The third-order valence-electron chi connectivity index (χ3n) is 10.8. The van der Waals surface area contributed by atoms with Gasteiger partial charge in [0.25, 0.3) is 0 Å². The molecule has 0 aliphatic rings. The smallest absolute Gasteiger partial charge is 0.227 e. The van der Waals surface area contributed by atoms with E-state index in [1.165, 1.54) is 30.9 Å². The average Bonchev–Trinajstić information content (AvgIpc) is 4.02. The zero-order valence-corrected chi connectivity index (χ0v) is 30.1. The predicted molar refractivity (Wildman–Crippen MR) is 229 cm³/mol. The fourth-order valence-corrected chi connectivity index (χ4v) is 9.62. The first-order valence-corrected chi connectivity index (χ1v) is 19.2. The van der Waals surface area contributed by atoms with Gasteiger partial charge in [0.15, 0.2) is 11.2 Å². The third kappa shape index (κ3) is 4.43. The molecular weight excluding hydrogens is 695 g/mol. The molecule has 258 valence electrons. The van der Waals surface area contributed by atoms with Gasteiger partial charge in [0.1, 0.15) is 11.1 Å². The van der Waals surface area contributed by atoms with Crippen LogP contribution in [0, 0.1) is 0 Å². The van der Waals surface area contributed by atoms with Crippen molar-refractivity contribution in [2.24, 2.45) is 0 Å². The van der Waals surface area contributed by atoms with Crippen molar-refractivity contribution in [2.75, 3.05) is 4.90 Å². The number of hydrogen-bond donors (Lipinski definition) is 0. The van der Waals surface area contributed by atoms with Crippen molar-refractivity contribution in [3.63, 3.8) is 0 Å². The van der Waals surface area contributed by atoms with Gasteiger partial charge in [-0.25, -0.2) is 4.98 Å². The second kappa shape index (κ2) is 11.7. The highest BCUT2D eigenvalue weighted by atomic mass is 32.1. The van der Waals surface area contributed by atoms with E-state index in [2.05, 4.69) is 143 Å². The summed E-state index contributed by atoms with van der Waals surface area (Å²) in [4.78, 5) is 7.48. The number of nitrogens with zero attached hydrogens (tertiary/aromatic N) is 3. The number of furan rings is 1. The molecule has 4 aromatic heterocycles. The summed E-state index contributed by atoms with van der Waals surface area (Å²) in [6.07, 6.45) is 0. The highest BCUT2D eigenvalue weighted by Gasteiger charge is 2.27. The van der Waals surface area contributed by atoms with E-state index in [4.69, 9.17) is 13.8 Å². The molecule has 0 atom stereocenters. The van der Waals surface area contributed by atoms with Crippen molar-refractivity contribution in [1.82, 2.24) is 9.55 Å². The molecule has 0 fully saturated rings. The normalized spacial score (nSPS) is 12.0. The van der Waals surface area contributed by atoms with E-state index in [1.807, 2.05) is 53.8 Å². The van der Waals surface area contributed by atoms with Crippen molar-refractivity contribution in [3.05, 3.63) is 176 Å². The van der Waals surface area contributed by atoms with E-state index in [0.717, 1.165) is 72.4 Å². The van der Waals surface area contributed by atoms with Gasteiger partial charge >= 0.3 is 0 Å². The number of fused-ring (bicyclic) bond motifs is 11. The second-order valence-corrected chi connectivity index (χ2v) is 15.0. The van der Waals surface area contributed by atoms with Gasteiger partial charge in [-0.3, -0.25) is 0 Å². The third-order valence-corrected chi connectivity index (χ3v) is 11.9. The van der Waals surface area contributed by atoms with Crippen LogP contribution in [0.3, 0.4) is 0 Å². The molecule has 6 heteroatoms. The number of oxazole rings is 1. The Morgan fingerprint density at radius 3 is 2.00 bits per heavy atom. The molecule has 5 nitrogen and oxygen atoms in total. The Labute approximate surface area is 318 Å². The Morgan fingerprint density at radius 1 is 0.473 bits per heavy atom. The molecule has 55 heavy (non-hydrogen) atoms. The minimum atomic E-state index is 0.590. The van der Waals surface area contributed by atoms with Gasteiger partial charge in [0, 0.05) is 47.6 Å². The van der Waals surface area contributed by atoms with Crippen LogP contribution < -0.4 is 4.90 Å². The summed E-state index contributed by atoms with van der Waals surface area (Å²) >= 11 is 1.83. The Bertz CT molecular complexity index is 3450. The van der Waals surface area contributed by atoms with Gasteiger partial charge in [0.2, 0.25) is 5.89 Å². The van der Waals surface area contributed by atoms with Crippen molar-refractivity contribution >= 4 is 103 Å². The number of rotatable bonds is 5. The van der Waals surface area contributed by atoms with Crippen LogP contribution in [0.25, 0.3) is 92.2 Å². The molecule has 4 heterocycles. The Hall–Kier alpha value is -7.15. The van der Waals surface area contributed by atoms with Crippen LogP contribution in [-0.2, 0) is 0 Å². The molecule has 0 radical (unpaired) electrons. The van der Waals surface area contributed by atoms with Gasteiger partial charge in [-0.15, -0.1) is 11.3 Å². The zero-order chi connectivity index (χ0) is 36.0. The molecule has 0 bridgehead atoms. The molecule has 12 aromatic rings. The first-order valence-electron chi connectivity index (χ1n) is 18.4. The van der Waals surface area contributed by atoms with Crippen LogP contribution >= 0.6 is 11.3 Å². The monoisotopic (exact) mass is 723 g/mol. The lowest BCUT2D eigenvalue weighted by molar-refractivity contribution is 0.619. The van der Waals surface area contributed by atoms with Crippen LogP contribution in [0.4, 0.5) is 17.1 Å². The number of aromatic nitrogens is 2. The van der Waals surface area contributed by atoms with E-state index in [9.17, 15) is 0 Å². The summed E-state index contributed by atoms with van der Waals surface area (Å²) in [6, 6.07) is 61.9. The van der Waals surface area contributed by atoms with Crippen molar-refractivity contribution < 1.29 is 8.83 Å².